The first-order valence-electron chi connectivity index (χ1n) is 8.93. The number of hydrogen-bond acceptors (Lipinski definition) is 4. The van der Waals surface area contributed by atoms with Crippen LogP contribution in [0.4, 0.5) is 5.69 Å². The molecule has 2 fully saturated rings. The van der Waals surface area contributed by atoms with Crippen LogP contribution in [-0.2, 0) is 0 Å². The zero-order chi connectivity index (χ0) is 17.7. The molecule has 0 radical (unpaired) electrons. The molecule has 0 aliphatic carbocycles. The Morgan fingerprint density at radius 3 is 2.85 bits per heavy atom. The number of aliphatic imine (C=N–C) groups is 1. The van der Waals surface area contributed by atoms with Crippen LogP contribution in [0.5, 0.6) is 0 Å². The average molecular weight is 555 g/mol. The number of halogens is 2. The fraction of sp³-hybridized carbons (Fsp3) is 0.611. The first-order chi connectivity index (χ1) is 12.1. The van der Waals surface area contributed by atoms with Crippen molar-refractivity contribution in [1.82, 2.24) is 10.6 Å². The predicted molar refractivity (Wildman–Crippen MR) is 126 cm³/mol. The van der Waals surface area contributed by atoms with Crippen LogP contribution >= 0.6 is 51.7 Å². The number of nitrogens with zero attached hydrogens (tertiary/aromatic N) is 2. The highest BCUT2D eigenvalue weighted by atomic mass is 127. The maximum atomic E-state index is 10.5. The van der Waals surface area contributed by atoms with Crippen molar-refractivity contribution in [3.05, 3.63) is 28.7 Å². The Labute approximate surface area is 185 Å². The second kappa shape index (κ2) is 10.4. The normalized spacial score (nSPS) is 25.9. The largest absolute Gasteiger partial charge is 0.387 e. The molecule has 2 saturated heterocycles. The van der Waals surface area contributed by atoms with Crippen LogP contribution < -0.4 is 15.5 Å². The van der Waals surface area contributed by atoms with E-state index in [1.165, 1.54) is 5.69 Å². The monoisotopic (exact) mass is 554 g/mol. The van der Waals surface area contributed by atoms with E-state index in [2.05, 4.69) is 67.6 Å². The third-order valence-corrected chi connectivity index (χ3v) is 6.44. The van der Waals surface area contributed by atoms with E-state index < -0.39 is 5.60 Å². The molecule has 26 heavy (non-hydrogen) atoms. The van der Waals surface area contributed by atoms with Gasteiger partial charge in [0.05, 0.1) is 12.1 Å². The fourth-order valence-electron chi connectivity index (χ4n) is 3.23. The minimum Gasteiger partial charge on any atom is -0.387 e. The van der Waals surface area contributed by atoms with E-state index in [1.807, 2.05) is 11.8 Å². The molecule has 0 saturated carbocycles. The minimum absolute atomic E-state index is 0. The summed E-state index contributed by atoms with van der Waals surface area (Å²) in [4.78, 5) is 7.04. The van der Waals surface area contributed by atoms with Gasteiger partial charge < -0.3 is 20.6 Å². The zero-order valence-electron chi connectivity index (χ0n) is 15.1. The highest BCUT2D eigenvalue weighted by Gasteiger charge is 2.31. The third-order valence-electron chi connectivity index (χ3n) is 4.68. The topological polar surface area (TPSA) is 59.9 Å². The maximum Gasteiger partial charge on any atom is 0.191 e. The second-order valence-corrected chi connectivity index (χ2v) is 8.80. The predicted octanol–water partition coefficient (Wildman–Crippen LogP) is 3.07. The summed E-state index contributed by atoms with van der Waals surface area (Å²) >= 11 is 5.30. The number of guanidine groups is 1. The number of aliphatic hydroxyl groups is 1. The molecule has 2 aliphatic heterocycles. The Hall–Kier alpha value is -0.190. The lowest BCUT2D eigenvalue weighted by molar-refractivity contribution is 0.0778. The van der Waals surface area contributed by atoms with Gasteiger partial charge in [-0.1, -0.05) is 15.9 Å². The van der Waals surface area contributed by atoms with Gasteiger partial charge in [0.2, 0.25) is 0 Å². The summed E-state index contributed by atoms with van der Waals surface area (Å²) in [5.74, 6) is 2.63. The van der Waals surface area contributed by atoms with E-state index >= 15 is 0 Å². The van der Waals surface area contributed by atoms with Crippen molar-refractivity contribution in [3.8, 4) is 0 Å². The van der Waals surface area contributed by atoms with Crippen molar-refractivity contribution in [1.29, 1.82) is 0 Å². The Kier molecular flexibility index (Phi) is 8.82. The van der Waals surface area contributed by atoms with E-state index in [-0.39, 0.29) is 24.0 Å². The van der Waals surface area contributed by atoms with Crippen LogP contribution in [0.1, 0.15) is 19.8 Å². The number of thioether (sulfide) groups is 1. The van der Waals surface area contributed by atoms with Crippen LogP contribution in [-0.4, -0.2) is 60.4 Å². The minimum atomic E-state index is -0.633. The number of hydrogen-bond donors (Lipinski definition) is 3. The average Bonchev–Trinajstić information content (AvgIpc) is 3.24. The van der Waals surface area contributed by atoms with Crippen LogP contribution in [0, 0.1) is 0 Å². The summed E-state index contributed by atoms with van der Waals surface area (Å²) in [7, 11) is 0. The van der Waals surface area contributed by atoms with Gasteiger partial charge in [-0.15, -0.1) is 24.0 Å². The highest BCUT2D eigenvalue weighted by molar-refractivity contribution is 14.0. The van der Waals surface area contributed by atoms with Crippen LogP contribution in [0.15, 0.2) is 33.7 Å². The number of rotatable bonds is 5. The van der Waals surface area contributed by atoms with Gasteiger partial charge in [-0.2, -0.15) is 11.8 Å². The van der Waals surface area contributed by atoms with Crippen LogP contribution in [0.3, 0.4) is 0 Å². The molecule has 0 aromatic heterocycles. The van der Waals surface area contributed by atoms with Gasteiger partial charge >= 0.3 is 0 Å². The Balaban J connectivity index is 0.00000243. The second-order valence-electron chi connectivity index (χ2n) is 6.77. The number of benzene rings is 1. The Morgan fingerprint density at radius 2 is 2.19 bits per heavy atom. The standard InChI is InChI=1S/C18H27BrN4OS.HI/c1-2-20-17(21-12-18(24)8-10-25-13-18)22-15-7-9-23(11-15)16-5-3-14(19)4-6-16;/h3-6,15,24H,2,7-13H2,1H3,(H2,20,21,22);1H. The van der Waals surface area contributed by atoms with E-state index in [9.17, 15) is 5.11 Å². The zero-order valence-corrected chi connectivity index (χ0v) is 19.8. The van der Waals surface area contributed by atoms with Gasteiger partial charge in [0.1, 0.15) is 0 Å². The van der Waals surface area contributed by atoms with Crippen molar-refractivity contribution in [3.63, 3.8) is 0 Å². The molecular weight excluding hydrogens is 527 g/mol. The van der Waals surface area contributed by atoms with Gasteiger partial charge in [0, 0.05) is 41.6 Å². The van der Waals surface area contributed by atoms with Gasteiger partial charge in [-0.05, 0) is 49.8 Å². The molecule has 3 N–H and O–H groups in total. The summed E-state index contributed by atoms with van der Waals surface area (Å²) in [6, 6.07) is 8.84. The molecule has 2 unspecified atom stereocenters. The van der Waals surface area contributed by atoms with E-state index in [4.69, 9.17) is 0 Å². The molecule has 2 atom stereocenters. The Bertz CT molecular complexity index is 595. The SMILES string of the molecule is CCNC(=NCC1(O)CCSC1)NC1CCN(c2ccc(Br)cc2)C1.I. The number of anilines is 1. The summed E-state index contributed by atoms with van der Waals surface area (Å²) in [6.45, 7) is 5.37. The summed E-state index contributed by atoms with van der Waals surface area (Å²) < 4.78 is 1.11. The summed E-state index contributed by atoms with van der Waals surface area (Å²) in [6.07, 6.45) is 1.92. The molecule has 1 aromatic rings. The molecule has 0 amide bonds. The molecule has 2 heterocycles. The lowest BCUT2D eigenvalue weighted by Crippen LogP contribution is -2.45. The van der Waals surface area contributed by atoms with E-state index in [0.717, 1.165) is 54.4 Å². The van der Waals surface area contributed by atoms with Crippen molar-refractivity contribution >= 4 is 63.3 Å². The molecular formula is C18H28BrIN4OS. The summed E-state index contributed by atoms with van der Waals surface area (Å²) in [5, 5.41) is 17.3. The smallest absolute Gasteiger partial charge is 0.191 e. The molecule has 3 rings (SSSR count). The number of nitrogens with one attached hydrogen (secondary N) is 2. The highest BCUT2D eigenvalue weighted by Crippen LogP contribution is 2.28. The quantitative estimate of drug-likeness (QED) is 0.297. The summed E-state index contributed by atoms with van der Waals surface area (Å²) in [5.41, 5.74) is 0.623. The van der Waals surface area contributed by atoms with Crippen molar-refractivity contribution in [2.75, 3.05) is 42.6 Å². The van der Waals surface area contributed by atoms with Gasteiger partial charge in [0.15, 0.2) is 5.96 Å². The lowest BCUT2D eigenvalue weighted by atomic mass is 10.1. The van der Waals surface area contributed by atoms with Crippen LogP contribution in [0.2, 0.25) is 0 Å². The van der Waals surface area contributed by atoms with Crippen molar-refractivity contribution in [2.24, 2.45) is 4.99 Å². The molecule has 5 nitrogen and oxygen atoms in total. The van der Waals surface area contributed by atoms with Crippen LogP contribution in [0.25, 0.3) is 0 Å². The first-order valence-corrected chi connectivity index (χ1v) is 10.9. The van der Waals surface area contributed by atoms with E-state index in [1.54, 1.807) is 0 Å². The molecule has 146 valence electrons. The maximum absolute atomic E-state index is 10.5. The van der Waals surface area contributed by atoms with Gasteiger partial charge in [-0.3, -0.25) is 4.99 Å². The van der Waals surface area contributed by atoms with E-state index in [0.29, 0.717) is 12.6 Å². The van der Waals surface area contributed by atoms with Crippen molar-refractivity contribution in [2.45, 2.75) is 31.4 Å². The third kappa shape index (κ3) is 6.17. The lowest BCUT2D eigenvalue weighted by Gasteiger charge is -2.22. The molecule has 8 heteroatoms. The van der Waals surface area contributed by atoms with Gasteiger partial charge in [-0.25, -0.2) is 0 Å². The van der Waals surface area contributed by atoms with Crippen molar-refractivity contribution < 1.29 is 5.11 Å². The Morgan fingerprint density at radius 1 is 1.42 bits per heavy atom. The molecule has 0 spiro atoms. The molecule has 0 bridgehead atoms. The molecule has 1 aromatic carbocycles. The van der Waals surface area contributed by atoms with Gasteiger partial charge in [0.25, 0.3) is 0 Å². The first kappa shape index (κ1) is 22.1. The fourth-order valence-corrected chi connectivity index (χ4v) is 4.77. The molecule has 2 aliphatic rings.